The van der Waals surface area contributed by atoms with E-state index in [2.05, 4.69) is 11.9 Å². The number of carbonyl (C=O) groups excluding carboxylic acids is 1. The summed E-state index contributed by atoms with van der Waals surface area (Å²) in [6.45, 7) is 2.84. The van der Waals surface area contributed by atoms with Crippen molar-refractivity contribution in [1.29, 1.82) is 0 Å². The van der Waals surface area contributed by atoms with E-state index in [9.17, 15) is 4.79 Å². The van der Waals surface area contributed by atoms with Crippen LogP contribution in [-0.2, 0) is 10.3 Å². The normalized spacial score (nSPS) is 18.2. The fourth-order valence-electron chi connectivity index (χ4n) is 3.89. The number of carbonyl (C=O) groups is 1. The number of benzene rings is 3. The highest BCUT2D eigenvalue weighted by Gasteiger charge is 2.49. The van der Waals surface area contributed by atoms with Crippen LogP contribution in [0.5, 0.6) is 5.75 Å². The van der Waals surface area contributed by atoms with Crippen LogP contribution in [-0.4, -0.2) is 30.4 Å². The Morgan fingerprint density at radius 2 is 1.61 bits per heavy atom. The minimum atomic E-state index is -1.19. The molecule has 1 unspecified atom stereocenters. The van der Waals surface area contributed by atoms with Crippen LogP contribution in [0.4, 0.5) is 0 Å². The van der Waals surface area contributed by atoms with Crippen LogP contribution in [0.1, 0.15) is 30.9 Å². The molecule has 5 nitrogen and oxygen atoms in total. The third-order valence-corrected chi connectivity index (χ3v) is 5.65. The molecule has 0 saturated carbocycles. The van der Waals surface area contributed by atoms with Gasteiger partial charge in [-0.05, 0) is 46.9 Å². The molecule has 1 aliphatic rings. The molecular weight excluding hydrogens is 386 g/mol. The maximum Gasteiger partial charge on any atom is 0.266 e. The molecule has 0 aromatic heterocycles. The van der Waals surface area contributed by atoms with Gasteiger partial charge in [0.1, 0.15) is 5.75 Å². The topological polar surface area (TPSA) is 67.9 Å². The van der Waals surface area contributed by atoms with E-state index in [0.29, 0.717) is 6.61 Å². The van der Waals surface area contributed by atoms with Crippen LogP contribution in [0, 0.1) is 0 Å². The van der Waals surface area contributed by atoms with Gasteiger partial charge >= 0.3 is 0 Å². The average Bonchev–Trinajstić information content (AvgIpc) is 3.05. The summed E-state index contributed by atoms with van der Waals surface area (Å²) in [5.41, 5.74) is 8.48. The smallest absolute Gasteiger partial charge is 0.266 e. The first-order valence-corrected chi connectivity index (χ1v) is 10.6. The van der Waals surface area contributed by atoms with Gasteiger partial charge in [0.05, 0.1) is 6.61 Å². The highest BCUT2D eigenvalue weighted by Crippen LogP contribution is 2.40. The van der Waals surface area contributed by atoms with Gasteiger partial charge in [-0.3, -0.25) is 9.69 Å². The lowest BCUT2D eigenvalue weighted by atomic mass is 9.82. The van der Waals surface area contributed by atoms with Gasteiger partial charge in [0, 0.05) is 7.05 Å². The summed E-state index contributed by atoms with van der Waals surface area (Å²) in [5, 5.41) is 0. The third kappa shape index (κ3) is 3.79. The van der Waals surface area contributed by atoms with Gasteiger partial charge in [-0.25, -0.2) is 4.99 Å². The van der Waals surface area contributed by atoms with Crippen molar-refractivity contribution >= 4 is 11.9 Å². The van der Waals surface area contributed by atoms with E-state index in [4.69, 9.17) is 10.5 Å². The molecule has 1 heterocycles. The van der Waals surface area contributed by atoms with Gasteiger partial charge in [0.25, 0.3) is 5.91 Å². The van der Waals surface area contributed by atoms with Crippen molar-refractivity contribution in [3.05, 3.63) is 90.0 Å². The summed E-state index contributed by atoms with van der Waals surface area (Å²) in [7, 11) is 1.66. The number of guanidine groups is 1. The molecule has 158 valence electrons. The van der Waals surface area contributed by atoms with Gasteiger partial charge in [-0.15, -0.1) is 0 Å². The van der Waals surface area contributed by atoms with Gasteiger partial charge in [0.15, 0.2) is 11.5 Å². The SMILES string of the molecule is CCCCOc1cccc(-c2cccc(C3(c4ccccc4)N=C(N)N(C)C3=O)c2)c1. The predicted octanol–water partition coefficient (Wildman–Crippen LogP) is 4.56. The van der Waals surface area contributed by atoms with Crippen LogP contribution in [0.15, 0.2) is 83.9 Å². The molecule has 0 saturated heterocycles. The van der Waals surface area contributed by atoms with Gasteiger partial charge in [-0.2, -0.15) is 0 Å². The Morgan fingerprint density at radius 3 is 2.29 bits per heavy atom. The number of rotatable bonds is 7. The highest BCUT2D eigenvalue weighted by molar-refractivity contribution is 6.09. The predicted molar refractivity (Wildman–Crippen MR) is 124 cm³/mol. The van der Waals surface area contributed by atoms with Crippen LogP contribution in [0.2, 0.25) is 0 Å². The molecule has 3 aromatic rings. The summed E-state index contributed by atoms with van der Waals surface area (Å²) < 4.78 is 5.87. The second-order valence-corrected chi connectivity index (χ2v) is 7.72. The van der Waals surface area contributed by atoms with Crippen LogP contribution in [0.25, 0.3) is 11.1 Å². The molecule has 0 fully saturated rings. The van der Waals surface area contributed by atoms with Crippen molar-refractivity contribution < 1.29 is 9.53 Å². The minimum Gasteiger partial charge on any atom is -0.494 e. The lowest BCUT2D eigenvalue weighted by Crippen LogP contribution is -2.41. The lowest BCUT2D eigenvalue weighted by Gasteiger charge is -2.26. The van der Waals surface area contributed by atoms with E-state index in [1.54, 1.807) is 7.05 Å². The van der Waals surface area contributed by atoms with E-state index >= 15 is 0 Å². The number of hydrogen-bond acceptors (Lipinski definition) is 4. The minimum absolute atomic E-state index is 0.162. The first-order chi connectivity index (χ1) is 15.1. The highest BCUT2D eigenvalue weighted by atomic mass is 16.5. The summed E-state index contributed by atoms with van der Waals surface area (Å²) in [6.07, 6.45) is 2.11. The molecule has 1 amide bonds. The molecule has 0 bridgehead atoms. The Kier molecular flexibility index (Phi) is 5.76. The van der Waals surface area contributed by atoms with E-state index in [1.165, 1.54) is 4.90 Å². The van der Waals surface area contributed by atoms with Crippen molar-refractivity contribution in [3.63, 3.8) is 0 Å². The number of hydrogen-bond donors (Lipinski definition) is 1. The molecule has 1 aliphatic heterocycles. The molecule has 4 rings (SSSR count). The number of amides is 1. The number of aliphatic imine (C=N–C) groups is 1. The monoisotopic (exact) mass is 413 g/mol. The molecule has 1 atom stereocenters. The van der Waals surface area contributed by atoms with Crippen molar-refractivity contribution in [2.75, 3.05) is 13.7 Å². The molecular formula is C26H27N3O2. The van der Waals surface area contributed by atoms with Gasteiger partial charge in [-0.1, -0.05) is 74.0 Å². The molecule has 2 N–H and O–H groups in total. The first kappa shape index (κ1) is 20.7. The number of ether oxygens (including phenoxy) is 1. The third-order valence-electron chi connectivity index (χ3n) is 5.65. The summed E-state index contributed by atoms with van der Waals surface area (Å²) in [6, 6.07) is 25.6. The zero-order valence-electron chi connectivity index (χ0n) is 17.9. The average molecular weight is 414 g/mol. The number of nitrogens with zero attached hydrogens (tertiary/aromatic N) is 2. The van der Waals surface area contributed by atoms with E-state index < -0.39 is 5.54 Å². The standard InChI is InChI=1S/C26H27N3O2/c1-3-4-16-31-23-15-9-11-20(18-23)19-10-8-14-22(17-19)26(21-12-6-5-7-13-21)24(30)29(2)25(27)28-26/h5-15,17-18H,3-4,16H2,1-2H3,(H2,27,28). The van der Waals surface area contributed by atoms with Crippen molar-refractivity contribution in [2.45, 2.75) is 25.3 Å². The van der Waals surface area contributed by atoms with Crippen LogP contribution >= 0.6 is 0 Å². The summed E-state index contributed by atoms with van der Waals surface area (Å²) in [5.74, 6) is 0.892. The molecule has 0 spiro atoms. The second kappa shape index (κ2) is 8.64. The van der Waals surface area contributed by atoms with Crippen LogP contribution in [0.3, 0.4) is 0 Å². The van der Waals surface area contributed by atoms with Crippen molar-refractivity contribution in [2.24, 2.45) is 10.7 Å². The summed E-state index contributed by atoms with van der Waals surface area (Å²) >= 11 is 0. The molecule has 0 aliphatic carbocycles. The number of likely N-dealkylation sites (N-methyl/N-ethyl adjacent to an activating group) is 1. The maximum absolute atomic E-state index is 13.4. The maximum atomic E-state index is 13.4. The molecule has 3 aromatic carbocycles. The Labute approximate surface area is 183 Å². The van der Waals surface area contributed by atoms with Gasteiger partial charge in [0.2, 0.25) is 0 Å². The van der Waals surface area contributed by atoms with E-state index in [1.807, 2.05) is 78.9 Å². The summed E-state index contributed by atoms with van der Waals surface area (Å²) in [4.78, 5) is 19.5. The molecule has 0 radical (unpaired) electrons. The van der Waals surface area contributed by atoms with Crippen molar-refractivity contribution in [1.82, 2.24) is 4.90 Å². The Morgan fingerprint density at radius 1 is 0.935 bits per heavy atom. The Hall–Kier alpha value is -3.60. The Balaban J connectivity index is 1.78. The fourth-order valence-corrected chi connectivity index (χ4v) is 3.89. The second-order valence-electron chi connectivity index (χ2n) is 7.72. The quantitative estimate of drug-likeness (QED) is 0.577. The van der Waals surface area contributed by atoms with E-state index in [-0.39, 0.29) is 11.9 Å². The van der Waals surface area contributed by atoms with Crippen molar-refractivity contribution in [3.8, 4) is 16.9 Å². The Bertz CT molecular complexity index is 1110. The number of unbranched alkanes of at least 4 members (excludes halogenated alkanes) is 1. The first-order valence-electron chi connectivity index (χ1n) is 10.6. The van der Waals surface area contributed by atoms with Gasteiger partial charge < -0.3 is 10.5 Å². The number of nitrogens with two attached hydrogens (primary N) is 1. The lowest BCUT2D eigenvalue weighted by molar-refractivity contribution is -0.129. The zero-order chi connectivity index (χ0) is 21.8. The van der Waals surface area contributed by atoms with Crippen LogP contribution < -0.4 is 10.5 Å². The van der Waals surface area contributed by atoms with E-state index in [0.717, 1.165) is 40.8 Å². The largest absolute Gasteiger partial charge is 0.494 e. The molecule has 31 heavy (non-hydrogen) atoms. The molecule has 5 heteroatoms. The fraction of sp³-hybridized carbons (Fsp3) is 0.231. The zero-order valence-corrected chi connectivity index (χ0v) is 17.9.